The minimum atomic E-state index is 0.303. The first-order valence-corrected chi connectivity index (χ1v) is 12.0. The standard InChI is InChI=1S/C23H47N3O4/c1-22(2)21-26-13-11-25(12-14-26)10-6-7-23(27)8-16-29-18-20-30-19-17-28-15-5-3-4-9-24/h22H,3-21,24H2,1-2H3. The molecule has 0 bridgehead atoms. The quantitative estimate of drug-likeness (QED) is 0.297. The highest BCUT2D eigenvalue weighted by molar-refractivity contribution is 5.78. The highest BCUT2D eigenvalue weighted by Gasteiger charge is 2.17. The molecule has 0 spiro atoms. The normalized spacial score (nSPS) is 15.9. The van der Waals surface area contributed by atoms with Crippen molar-refractivity contribution in [2.75, 3.05) is 85.5 Å². The summed E-state index contributed by atoms with van der Waals surface area (Å²) < 4.78 is 16.5. The van der Waals surface area contributed by atoms with E-state index in [-0.39, 0.29) is 0 Å². The second-order valence-corrected chi connectivity index (χ2v) is 8.61. The highest BCUT2D eigenvalue weighted by Crippen LogP contribution is 2.07. The number of rotatable bonds is 20. The van der Waals surface area contributed by atoms with E-state index >= 15 is 0 Å². The van der Waals surface area contributed by atoms with Crippen LogP contribution in [0.15, 0.2) is 0 Å². The molecule has 1 heterocycles. The molecule has 0 amide bonds. The van der Waals surface area contributed by atoms with Gasteiger partial charge in [-0.15, -0.1) is 0 Å². The van der Waals surface area contributed by atoms with Crippen LogP contribution in [-0.2, 0) is 19.0 Å². The molecule has 0 unspecified atom stereocenters. The van der Waals surface area contributed by atoms with Gasteiger partial charge in [-0.25, -0.2) is 0 Å². The monoisotopic (exact) mass is 429 g/mol. The predicted octanol–water partition coefficient (Wildman–Crippen LogP) is 2.18. The molecule has 2 N–H and O–H groups in total. The number of piperazine rings is 1. The number of hydrogen-bond acceptors (Lipinski definition) is 7. The fraction of sp³-hybridized carbons (Fsp3) is 0.957. The summed E-state index contributed by atoms with van der Waals surface area (Å²) in [6, 6.07) is 0. The molecule has 7 heteroatoms. The van der Waals surface area contributed by atoms with Crippen LogP contribution in [0.1, 0.15) is 52.4 Å². The molecule has 0 aliphatic carbocycles. The van der Waals surface area contributed by atoms with Crippen LogP contribution in [0.4, 0.5) is 0 Å². The van der Waals surface area contributed by atoms with Crippen molar-refractivity contribution in [3.8, 4) is 0 Å². The summed E-state index contributed by atoms with van der Waals surface area (Å²) in [7, 11) is 0. The lowest BCUT2D eigenvalue weighted by atomic mass is 10.1. The Morgan fingerprint density at radius 3 is 2.00 bits per heavy atom. The number of carbonyl (C=O) groups excluding carboxylic acids is 1. The van der Waals surface area contributed by atoms with Crippen molar-refractivity contribution in [3.63, 3.8) is 0 Å². The summed E-state index contributed by atoms with van der Waals surface area (Å²) in [5.74, 6) is 1.04. The maximum Gasteiger partial charge on any atom is 0.135 e. The minimum absolute atomic E-state index is 0.303. The molecule has 0 aromatic rings. The summed E-state index contributed by atoms with van der Waals surface area (Å²) in [6.45, 7) is 15.7. The number of nitrogens with two attached hydrogens (primary N) is 1. The third kappa shape index (κ3) is 16.2. The number of carbonyl (C=O) groups is 1. The fourth-order valence-corrected chi connectivity index (χ4v) is 3.59. The molecule has 1 fully saturated rings. The number of nitrogens with zero attached hydrogens (tertiary/aromatic N) is 2. The van der Waals surface area contributed by atoms with Crippen LogP contribution in [0.2, 0.25) is 0 Å². The first-order chi connectivity index (χ1) is 14.6. The van der Waals surface area contributed by atoms with Gasteiger partial charge in [-0.3, -0.25) is 4.79 Å². The zero-order valence-electron chi connectivity index (χ0n) is 19.6. The number of unbranched alkanes of at least 4 members (excludes halogenated alkanes) is 2. The van der Waals surface area contributed by atoms with E-state index in [9.17, 15) is 4.79 Å². The smallest absolute Gasteiger partial charge is 0.135 e. The summed E-state index contributed by atoms with van der Waals surface area (Å²) in [5.41, 5.74) is 5.45. The van der Waals surface area contributed by atoms with E-state index in [0.29, 0.717) is 51.7 Å². The van der Waals surface area contributed by atoms with Crippen LogP contribution in [0, 0.1) is 5.92 Å². The molecule has 178 valence electrons. The summed E-state index contributed by atoms with van der Waals surface area (Å²) in [6.07, 6.45) is 5.37. The second-order valence-electron chi connectivity index (χ2n) is 8.61. The largest absolute Gasteiger partial charge is 0.379 e. The molecule has 1 aliphatic heterocycles. The zero-order valence-corrected chi connectivity index (χ0v) is 19.6. The topological polar surface area (TPSA) is 77.3 Å². The van der Waals surface area contributed by atoms with E-state index in [1.165, 1.54) is 6.54 Å². The molecule has 1 rings (SSSR count). The van der Waals surface area contributed by atoms with Crippen molar-refractivity contribution < 1.29 is 19.0 Å². The first kappa shape index (κ1) is 27.5. The van der Waals surface area contributed by atoms with Gasteiger partial charge in [-0.2, -0.15) is 0 Å². The molecule has 0 saturated carbocycles. The van der Waals surface area contributed by atoms with E-state index < -0.39 is 0 Å². The number of ketones is 1. The molecule has 7 nitrogen and oxygen atoms in total. The van der Waals surface area contributed by atoms with E-state index in [2.05, 4.69) is 23.6 Å². The van der Waals surface area contributed by atoms with Crippen LogP contribution in [0.3, 0.4) is 0 Å². The summed E-state index contributed by atoms with van der Waals surface area (Å²) >= 11 is 0. The predicted molar refractivity (Wildman–Crippen MR) is 122 cm³/mol. The van der Waals surface area contributed by atoms with Gasteiger partial charge in [0, 0.05) is 52.2 Å². The molecule has 0 aromatic heterocycles. The maximum atomic E-state index is 12.0. The summed E-state index contributed by atoms with van der Waals surface area (Å²) in [4.78, 5) is 17.0. The Balaban J connectivity index is 1.82. The van der Waals surface area contributed by atoms with Crippen molar-refractivity contribution in [1.29, 1.82) is 0 Å². The third-order valence-corrected chi connectivity index (χ3v) is 5.28. The van der Waals surface area contributed by atoms with E-state index in [0.717, 1.165) is 77.5 Å². The zero-order chi connectivity index (χ0) is 21.9. The van der Waals surface area contributed by atoms with Crippen molar-refractivity contribution >= 4 is 5.78 Å². The average molecular weight is 430 g/mol. The molecule has 1 aliphatic rings. The molecule has 1 saturated heterocycles. The summed E-state index contributed by atoms with van der Waals surface area (Å²) in [5, 5.41) is 0. The third-order valence-electron chi connectivity index (χ3n) is 5.28. The van der Waals surface area contributed by atoms with Crippen molar-refractivity contribution in [2.45, 2.75) is 52.4 Å². The van der Waals surface area contributed by atoms with Crippen LogP contribution in [0.5, 0.6) is 0 Å². The lowest BCUT2D eigenvalue weighted by molar-refractivity contribution is -0.120. The van der Waals surface area contributed by atoms with Gasteiger partial charge in [0.15, 0.2) is 0 Å². The van der Waals surface area contributed by atoms with Crippen LogP contribution in [0.25, 0.3) is 0 Å². The molecule has 30 heavy (non-hydrogen) atoms. The Hall–Kier alpha value is -0.570. The van der Waals surface area contributed by atoms with Gasteiger partial charge in [0.05, 0.1) is 33.0 Å². The van der Waals surface area contributed by atoms with Gasteiger partial charge < -0.3 is 29.7 Å². The van der Waals surface area contributed by atoms with Crippen LogP contribution < -0.4 is 5.73 Å². The Morgan fingerprint density at radius 2 is 1.37 bits per heavy atom. The SMILES string of the molecule is CC(C)CN1CCN(CCCC(=O)CCOCCOCCOCCCCCN)CC1. The van der Waals surface area contributed by atoms with Crippen molar-refractivity contribution in [2.24, 2.45) is 11.7 Å². The molecule has 0 radical (unpaired) electrons. The Bertz CT molecular complexity index is 402. The van der Waals surface area contributed by atoms with Crippen molar-refractivity contribution in [3.05, 3.63) is 0 Å². The second kappa shape index (κ2) is 19.1. The number of hydrogen-bond donors (Lipinski definition) is 1. The average Bonchev–Trinajstić information content (AvgIpc) is 2.72. The fourth-order valence-electron chi connectivity index (χ4n) is 3.59. The van der Waals surface area contributed by atoms with Crippen LogP contribution in [-0.4, -0.2) is 101 Å². The van der Waals surface area contributed by atoms with Gasteiger partial charge >= 0.3 is 0 Å². The van der Waals surface area contributed by atoms with Crippen molar-refractivity contribution in [1.82, 2.24) is 9.80 Å². The molecule has 0 aromatic carbocycles. The van der Waals surface area contributed by atoms with Gasteiger partial charge in [0.2, 0.25) is 0 Å². The lowest BCUT2D eigenvalue weighted by Crippen LogP contribution is -2.47. The van der Waals surface area contributed by atoms with E-state index in [1.807, 2.05) is 0 Å². The van der Waals surface area contributed by atoms with Crippen LogP contribution >= 0.6 is 0 Å². The van der Waals surface area contributed by atoms with Gasteiger partial charge in [-0.05, 0) is 44.7 Å². The van der Waals surface area contributed by atoms with E-state index in [1.54, 1.807) is 0 Å². The van der Waals surface area contributed by atoms with Gasteiger partial charge in [0.1, 0.15) is 5.78 Å². The Morgan fingerprint density at radius 1 is 0.767 bits per heavy atom. The van der Waals surface area contributed by atoms with E-state index in [4.69, 9.17) is 19.9 Å². The minimum Gasteiger partial charge on any atom is -0.379 e. The Kier molecular flexibility index (Phi) is 17.5. The molecule has 0 atom stereocenters. The number of Topliss-reactive ketones (excluding diaryl/α,β-unsaturated/α-hetero) is 1. The van der Waals surface area contributed by atoms with Gasteiger partial charge in [-0.1, -0.05) is 13.8 Å². The molecular weight excluding hydrogens is 382 g/mol. The first-order valence-electron chi connectivity index (χ1n) is 12.0. The maximum absolute atomic E-state index is 12.0. The lowest BCUT2D eigenvalue weighted by Gasteiger charge is -2.35. The highest BCUT2D eigenvalue weighted by atomic mass is 16.5. The molecular formula is C23H47N3O4. The number of ether oxygens (including phenoxy) is 3. The van der Waals surface area contributed by atoms with Gasteiger partial charge in [0.25, 0.3) is 0 Å². The Labute approximate surface area is 184 Å².